The molecule has 19 heavy (non-hydrogen) atoms. The molecular formula is C12H17NO5S. The van der Waals surface area contributed by atoms with E-state index in [1.165, 1.54) is 7.11 Å². The van der Waals surface area contributed by atoms with Gasteiger partial charge in [-0.3, -0.25) is 4.79 Å². The van der Waals surface area contributed by atoms with Crippen molar-refractivity contribution < 1.29 is 23.1 Å². The van der Waals surface area contributed by atoms with Crippen LogP contribution in [0.2, 0.25) is 0 Å². The zero-order valence-electron chi connectivity index (χ0n) is 10.6. The van der Waals surface area contributed by atoms with E-state index < -0.39 is 22.0 Å². The fourth-order valence-electron chi connectivity index (χ4n) is 1.50. The van der Waals surface area contributed by atoms with E-state index in [4.69, 9.17) is 5.11 Å². The molecule has 0 saturated carbocycles. The van der Waals surface area contributed by atoms with Gasteiger partial charge in [0.1, 0.15) is 6.04 Å². The lowest BCUT2D eigenvalue weighted by Crippen LogP contribution is -2.43. The predicted octanol–water partition coefficient (Wildman–Crippen LogP) is 0.248. The first-order valence-electron chi connectivity index (χ1n) is 5.70. The van der Waals surface area contributed by atoms with Crippen molar-refractivity contribution in [2.24, 2.45) is 0 Å². The molecule has 106 valence electrons. The Kier molecular flexibility index (Phi) is 5.94. The molecule has 2 N–H and O–H groups in total. The predicted molar refractivity (Wildman–Crippen MR) is 70.4 cm³/mol. The number of benzene rings is 1. The van der Waals surface area contributed by atoms with Gasteiger partial charge < -0.3 is 9.84 Å². The van der Waals surface area contributed by atoms with Crippen LogP contribution in [0.15, 0.2) is 30.3 Å². The number of carbonyl (C=O) groups is 1. The first-order valence-corrected chi connectivity index (χ1v) is 7.35. The highest BCUT2D eigenvalue weighted by atomic mass is 32.2. The van der Waals surface area contributed by atoms with Gasteiger partial charge in [0.2, 0.25) is 10.0 Å². The smallest absolute Gasteiger partial charge is 0.322 e. The van der Waals surface area contributed by atoms with Crippen LogP contribution in [0.4, 0.5) is 0 Å². The summed E-state index contributed by atoms with van der Waals surface area (Å²) in [5.41, 5.74) is 0.754. The lowest BCUT2D eigenvalue weighted by Gasteiger charge is -2.14. The van der Waals surface area contributed by atoms with Crippen LogP contribution in [0.1, 0.15) is 5.56 Å². The maximum atomic E-state index is 11.6. The first-order chi connectivity index (χ1) is 8.94. The van der Waals surface area contributed by atoms with E-state index in [-0.39, 0.29) is 18.8 Å². The Bertz CT molecular complexity index is 500. The molecule has 0 aliphatic rings. The Morgan fingerprint density at radius 2 is 2.00 bits per heavy atom. The number of carboxylic acids is 1. The largest absolute Gasteiger partial charge is 0.480 e. The van der Waals surface area contributed by atoms with E-state index in [1.54, 1.807) is 24.3 Å². The van der Waals surface area contributed by atoms with E-state index in [0.29, 0.717) is 0 Å². The Morgan fingerprint density at radius 3 is 2.53 bits per heavy atom. The molecule has 0 bridgehead atoms. The van der Waals surface area contributed by atoms with E-state index in [0.717, 1.165) is 5.56 Å². The SMILES string of the molecule is COCCS(=O)(=O)N[C@@H](Cc1ccccc1)C(=O)O. The molecule has 1 rings (SSSR count). The number of nitrogens with one attached hydrogen (secondary N) is 1. The molecule has 0 heterocycles. The van der Waals surface area contributed by atoms with Crippen LogP contribution in [-0.2, 0) is 26.0 Å². The molecule has 0 amide bonds. The molecule has 7 heteroatoms. The standard InChI is InChI=1S/C12H17NO5S/c1-18-7-8-19(16,17)13-11(12(14)15)9-10-5-3-2-4-6-10/h2-6,11,13H,7-9H2,1H3,(H,14,15)/t11-/m0/s1. The lowest BCUT2D eigenvalue weighted by atomic mass is 10.1. The fourth-order valence-corrected chi connectivity index (χ4v) is 2.62. The van der Waals surface area contributed by atoms with Gasteiger partial charge in [0.05, 0.1) is 12.4 Å². The number of rotatable bonds is 8. The number of aliphatic carboxylic acids is 1. The molecule has 0 aliphatic heterocycles. The second-order valence-corrected chi connectivity index (χ2v) is 5.88. The van der Waals surface area contributed by atoms with Crippen LogP contribution >= 0.6 is 0 Å². The molecule has 0 saturated heterocycles. The van der Waals surface area contributed by atoms with Crippen LogP contribution in [0.3, 0.4) is 0 Å². The highest BCUT2D eigenvalue weighted by molar-refractivity contribution is 7.89. The van der Waals surface area contributed by atoms with Crippen LogP contribution in [0, 0.1) is 0 Å². The van der Waals surface area contributed by atoms with Gasteiger partial charge in [-0.2, -0.15) is 0 Å². The quantitative estimate of drug-likeness (QED) is 0.715. The molecule has 0 fully saturated rings. The first kappa shape index (κ1) is 15.6. The van der Waals surface area contributed by atoms with Crippen molar-refractivity contribution >= 4 is 16.0 Å². The number of sulfonamides is 1. The number of methoxy groups -OCH3 is 1. The molecule has 0 aliphatic carbocycles. The summed E-state index contributed by atoms with van der Waals surface area (Å²) in [4.78, 5) is 11.1. The minimum atomic E-state index is -3.66. The third kappa shape index (κ3) is 5.82. The molecule has 1 aromatic carbocycles. The van der Waals surface area contributed by atoms with Crippen molar-refractivity contribution in [1.29, 1.82) is 0 Å². The van der Waals surface area contributed by atoms with Crippen molar-refractivity contribution in [2.75, 3.05) is 19.5 Å². The van der Waals surface area contributed by atoms with E-state index in [9.17, 15) is 13.2 Å². The van der Waals surface area contributed by atoms with Crippen molar-refractivity contribution in [2.45, 2.75) is 12.5 Å². The summed E-state index contributed by atoms with van der Waals surface area (Å²) in [6.07, 6.45) is 0.0996. The Morgan fingerprint density at radius 1 is 1.37 bits per heavy atom. The molecular weight excluding hydrogens is 270 g/mol. The summed E-state index contributed by atoms with van der Waals surface area (Å²) in [5, 5.41) is 9.07. The van der Waals surface area contributed by atoms with Crippen molar-refractivity contribution in [3.8, 4) is 0 Å². The molecule has 0 aromatic heterocycles. The zero-order chi connectivity index (χ0) is 14.3. The molecule has 1 aromatic rings. The molecule has 1 atom stereocenters. The van der Waals surface area contributed by atoms with Gasteiger partial charge in [-0.05, 0) is 12.0 Å². The Hall–Kier alpha value is -1.44. The highest BCUT2D eigenvalue weighted by Gasteiger charge is 2.23. The summed E-state index contributed by atoms with van der Waals surface area (Å²) < 4.78 is 30.1. The minimum Gasteiger partial charge on any atom is -0.480 e. The van der Waals surface area contributed by atoms with Crippen LogP contribution in [0.5, 0.6) is 0 Å². The summed E-state index contributed by atoms with van der Waals surface area (Å²) in [6.45, 7) is 0.0208. The Labute approximate surface area is 112 Å². The van der Waals surface area contributed by atoms with Crippen LogP contribution in [-0.4, -0.2) is 45.0 Å². The van der Waals surface area contributed by atoms with E-state index in [2.05, 4.69) is 9.46 Å². The highest BCUT2D eigenvalue weighted by Crippen LogP contribution is 2.04. The van der Waals surface area contributed by atoms with E-state index >= 15 is 0 Å². The monoisotopic (exact) mass is 287 g/mol. The van der Waals surface area contributed by atoms with Gasteiger partial charge in [0, 0.05) is 7.11 Å². The van der Waals surface area contributed by atoms with Gasteiger partial charge in [-0.15, -0.1) is 0 Å². The van der Waals surface area contributed by atoms with E-state index in [1.807, 2.05) is 6.07 Å². The summed E-state index contributed by atoms with van der Waals surface area (Å²) in [6, 6.07) is 7.67. The summed E-state index contributed by atoms with van der Waals surface area (Å²) >= 11 is 0. The summed E-state index contributed by atoms with van der Waals surface area (Å²) in [7, 11) is -2.28. The average Bonchev–Trinajstić information content (AvgIpc) is 2.36. The third-order valence-electron chi connectivity index (χ3n) is 2.46. The lowest BCUT2D eigenvalue weighted by molar-refractivity contribution is -0.138. The van der Waals surface area contributed by atoms with Crippen LogP contribution in [0.25, 0.3) is 0 Å². The van der Waals surface area contributed by atoms with Gasteiger partial charge in [-0.25, -0.2) is 13.1 Å². The fraction of sp³-hybridized carbons (Fsp3) is 0.417. The zero-order valence-corrected chi connectivity index (χ0v) is 11.4. The topological polar surface area (TPSA) is 92.7 Å². The minimum absolute atomic E-state index is 0.0208. The van der Waals surface area contributed by atoms with Gasteiger partial charge >= 0.3 is 5.97 Å². The van der Waals surface area contributed by atoms with Gasteiger partial charge in [0.15, 0.2) is 0 Å². The second kappa shape index (κ2) is 7.22. The number of ether oxygens (including phenoxy) is 1. The number of carboxylic acid groups (broad SMARTS) is 1. The number of hydrogen-bond donors (Lipinski definition) is 2. The normalized spacial score (nSPS) is 13.1. The molecule has 0 radical (unpaired) electrons. The number of hydrogen-bond acceptors (Lipinski definition) is 4. The van der Waals surface area contributed by atoms with Crippen molar-refractivity contribution in [3.05, 3.63) is 35.9 Å². The third-order valence-corrected chi connectivity index (χ3v) is 3.81. The molecule has 6 nitrogen and oxygen atoms in total. The maximum Gasteiger partial charge on any atom is 0.322 e. The van der Waals surface area contributed by atoms with Crippen molar-refractivity contribution in [3.63, 3.8) is 0 Å². The van der Waals surface area contributed by atoms with Gasteiger partial charge in [-0.1, -0.05) is 30.3 Å². The summed E-state index contributed by atoms with van der Waals surface area (Å²) in [5.74, 6) is -1.47. The molecule has 0 unspecified atom stereocenters. The van der Waals surface area contributed by atoms with Crippen LogP contribution < -0.4 is 4.72 Å². The maximum absolute atomic E-state index is 11.6. The van der Waals surface area contributed by atoms with Crippen molar-refractivity contribution in [1.82, 2.24) is 4.72 Å². The Balaban J connectivity index is 2.71. The molecule has 0 spiro atoms. The average molecular weight is 287 g/mol. The van der Waals surface area contributed by atoms with Gasteiger partial charge in [0.25, 0.3) is 0 Å². The second-order valence-electron chi connectivity index (χ2n) is 4.01.